The number of hydrogen-bond acceptors (Lipinski definition) is 4. The standard InChI is InChI=1S/C8H14N2O3S/c1-2-8-7-10(4-5-13-8)14(11,12)6-3-9/h8H,2,4-7H2,1H3. The molecule has 0 spiro atoms. The maximum atomic E-state index is 11.5. The van der Waals surface area contributed by atoms with E-state index in [1.165, 1.54) is 4.31 Å². The van der Waals surface area contributed by atoms with Gasteiger partial charge in [-0.3, -0.25) is 0 Å². The van der Waals surface area contributed by atoms with Crippen LogP contribution in [0.4, 0.5) is 0 Å². The van der Waals surface area contributed by atoms with Gasteiger partial charge in [0.1, 0.15) is 0 Å². The summed E-state index contributed by atoms with van der Waals surface area (Å²) in [5.74, 6) is -0.441. The Labute approximate surface area is 84.3 Å². The van der Waals surface area contributed by atoms with E-state index in [-0.39, 0.29) is 6.10 Å². The lowest BCUT2D eigenvalue weighted by Gasteiger charge is -2.30. The largest absolute Gasteiger partial charge is 0.375 e. The van der Waals surface area contributed by atoms with E-state index in [2.05, 4.69) is 0 Å². The van der Waals surface area contributed by atoms with Crippen molar-refractivity contribution in [1.82, 2.24) is 4.31 Å². The van der Waals surface area contributed by atoms with Crippen molar-refractivity contribution in [2.45, 2.75) is 19.4 Å². The molecule has 0 saturated carbocycles. The highest BCUT2D eigenvalue weighted by Gasteiger charge is 2.28. The number of ether oxygens (including phenoxy) is 1. The van der Waals surface area contributed by atoms with Gasteiger partial charge in [0.2, 0.25) is 10.0 Å². The number of nitriles is 1. The van der Waals surface area contributed by atoms with Gasteiger partial charge in [0.05, 0.1) is 18.8 Å². The Balaban J connectivity index is 2.65. The van der Waals surface area contributed by atoms with Gasteiger partial charge in [-0.05, 0) is 6.42 Å². The van der Waals surface area contributed by atoms with Gasteiger partial charge in [-0.1, -0.05) is 6.92 Å². The molecule has 80 valence electrons. The van der Waals surface area contributed by atoms with Gasteiger partial charge >= 0.3 is 0 Å². The highest BCUT2D eigenvalue weighted by atomic mass is 32.2. The molecule has 0 aromatic rings. The van der Waals surface area contributed by atoms with Gasteiger partial charge in [0.25, 0.3) is 0 Å². The van der Waals surface area contributed by atoms with Crippen LogP contribution in [0.15, 0.2) is 0 Å². The van der Waals surface area contributed by atoms with Crippen LogP contribution in [0.1, 0.15) is 13.3 Å². The van der Waals surface area contributed by atoms with Gasteiger partial charge in [-0.25, -0.2) is 8.42 Å². The zero-order valence-electron chi connectivity index (χ0n) is 8.14. The number of hydrogen-bond donors (Lipinski definition) is 0. The molecule has 14 heavy (non-hydrogen) atoms. The predicted octanol–water partition coefficient (Wildman–Crippen LogP) is -0.0494. The van der Waals surface area contributed by atoms with Crippen LogP contribution in [0.2, 0.25) is 0 Å². The summed E-state index contributed by atoms with van der Waals surface area (Å²) in [5, 5.41) is 8.37. The second kappa shape index (κ2) is 4.73. The normalized spacial score (nSPS) is 24.4. The molecule has 0 amide bonds. The summed E-state index contributed by atoms with van der Waals surface area (Å²) in [6.45, 7) is 3.11. The average Bonchev–Trinajstić information content (AvgIpc) is 2.18. The van der Waals surface area contributed by atoms with Crippen molar-refractivity contribution in [3.05, 3.63) is 0 Å². The molecule has 0 N–H and O–H groups in total. The van der Waals surface area contributed by atoms with Crippen molar-refractivity contribution in [2.24, 2.45) is 0 Å². The molecule has 1 unspecified atom stereocenters. The first-order valence-electron chi connectivity index (χ1n) is 4.56. The summed E-state index contributed by atoms with van der Waals surface area (Å²) in [6.07, 6.45) is 0.760. The first-order valence-corrected chi connectivity index (χ1v) is 6.17. The first kappa shape index (κ1) is 11.4. The van der Waals surface area contributed by atoms with E-state index in [9.17, 15) is 8.42 Å². The Bertz CT molecular complexity index is 320. The smallest absolute Gasteiger partial charge is 0.227 e. The average molecular weight is 218 g/mol. The Morgan fingerprint density at radius 1 is 1.64 bits per heavy atom. The molecule has 1 aliphatic heterocycles. The zero-order valence-corrected chi connectivity index (χ0v) is 8.96. The maximum Gasteiger partial charge on any atom is 0.227 e. The van der Waals surface area contributed by atoms with Gasteiger partial charge < -0.3 is 4.74 Å². The van der Waals surface area contributed by atoms with Gasteiger partial charge in [0, 0.05) is 13.1 Å². The Kier molecular flexibility index (Phi) is 3.86. The van der Waals surface area contributed by atoms with Crippen LogP contribution in [0.25, 0.3) is 0 Å². The fraction of sp³-hybridized carbons (Fsp3) is 0.875. The molecule has 0 radical (unpaired) electrons. The van der Waals surface area contributed by atoms with E-state index in [0.29, 0.717) is 19.7 Å². The minimum Gasteiger partial charge on any atom is -0.375 e. The van der Waals surface area contributed by atoms with Crippen molar-refractivity contribution < 1.29 is 13.2 Å². The molecule has 1 rings (SSSR count). The summed E-state index contributed by atoms with van der Waals surface area (Å²) in [5.41, 5.74) is 0. The van der Waals surface area contributed by atoms with Crippen LogP contribution in [0, 0.1) is 11.3 Å². The molecule has 0 bridgehead atoms. The molecule has 1 aliphatic rings. The summed E-state index contributed by atoms with van der Waals surface area (Å²) in [4.78, 5) is 0. The van der Waals surface area contributed by atoms with E-state index < -0.39 is 15.8 Å². The molecule has 6 heteroatoms. The first-order chi connectivity index (χ1) is 6.60. The van der Waals surface area contributed by atoms with Crippen LogP contribution in [0.5, 0.6) is 0 Å². The molecule has 5 nitrogen and oxygen atoms in total. The van der Waals surface area contributed by atoms with Gasteiger partial charge in [-0.15, -0.1) is 0 Å². The summed E-state index contributed by atoms with van der Waals surface area (Å²) >= 11 is 0. The molecule has 0 aromatic carbocycles. The third-order valence-corrected chi connectivity index (χ3v) is 3.81. The lowest BCUT2D eigenvalue weighted by atomic mass is 10.2. The Morgan fingerprint density at radius 2 is 2.36 bits per heavy atom. The molecule has 1 fully saturated rings. The van der Waals surface area contributed by atoms with Crippen LogP contribution >= 0.6 is 0 Å². The molecule has 1 heterocycles. The molecule has 1 atom stereocenters. The van der Waals surface area contributed by atoms with Crippen LogP contribution in [-0.4, -0.2) is 44.3 Å². The SMILES string of the molecule is CCC1CN(S(=O)(=O)CC#N)CCO1. The minimum atomic E-state index is -3.38. The maximum absolute atomic E-state index is 11.5. The molecule has 0 aromatic heterocycles. The van der Waals surface area contributed by atoms with Crippen molar-refractivity contribution >= 4 is 10.0 Å². The second-order valence-corrected chi connectivity index (χ2v) is 5.14. The number of rotatable bonds is 3. The Morgan fingerprint density at radius 3 is 2.93 bits per heavy atom. The van der Waals surface area contributed by atoms with E-state index >= 15 is 0 Å². The van der Waals surface area contributed by atoms with E-state index in [1.54, 1.807) is 6.07 Å². The van der Waals surface area contributed by atoms with Crippen LogP contribution in [-0.2, 0) is 14.8 Å². The fourth-order valence-corrected chi connectivity index (χ4v) is 2.46. The van der Waals surface area contributed by atoms with Crippen LogP contribution < -0.4 is 0 Å². The van der Waals surface area contributed by atoms with Gasteiger partial charge in [0.15, 0.2) is 5.75 Å². The van der Waals surface area contributed by atoms with Crippen molar-refractivity contribution in [3.8, 4) is 6.07 Å². The number of morpholine rings is 1. The molecule has 1 saturated heterocycles. The Hall–Kier alpha value is -0.640. The van der Waals surface area contributed by atoms with Gasteiger partial charge in [-0.2, -0.15) is 9.57 Å². The zero-order chi connectivity index (χ0) is 10.6. The van der Waals surface area contributed by atoms with E-state index in [1.807, 2.05) is 6.92 Å². The predicted molar refractivity (Wildman–Crippen MR) is 51.0 cm³/mol. The quantitative estimate of drug-likeness (QED) is 0.666. The summed E-state index contributed by atoms with van der Waals surface area (Å²) < 4.78 is 29.7. The monoisotopic (exact) mass is 218 g/mol. The van der Waals surface area contributed by atoms with Crippen molar-refractivity contribution in [2.75, 3.05) is 25.4 Å². The van der Waals surface area contributed by atoms with E-state index in [0.717, 1.165) is 6.42 Å². The highest BCUT2D eigenvalue weighted by molar-refractivity contribution is 7.89. The molecule has 0 aliphatic carbocycles. The second-order valence-electron chi connectivity index (χ2n) is 3.17. The minimum absolute atomic E-state index is 0.0304. The topological polar surface area (TPSA) is 70.4 Å². The van der Waals surface area contributed by atoms with Crippen LogP contribution in [0.3, 0.4) is 0 Å². The number of sulfonamides is 1. The highest BCUT2D eigenvalue weighted by Crippen LogP contribution is 2.12. The summed E-state index contributed by atoms with van der Waals surface area (Å²) in [7, 11) is -3.38. The lowest BCUT2D eigenvalue weighted by molar-refractivity contribution is -0.00267. The number of nitrogens with zero attached hydrogens (tertiary/aromatic N) is 2. The third kappa shape index (κ3) is 2.67. The fourth-order valence-electron chi connectivity index (χ4n) is 1.36. The lowest BCUT2D eigenvalue weighted by Crippen LogP contribution is -2.46. The van der Waals surface area contributed by atoms with E-state index in [4.69, 9.17) is 10.00 Å². The summed E-state index contributed by atoms with van der Waals surface area (Å²) in [6, 6.07) is 1.67. The molecular formula is C8H14N2O3S. The third-order valence-electron chi connectivity index (χ3n) is 2.20. The molecular weight excluding hydrogens is 204 g/mol. The van der Waals surface area contributed by atoms with Crippen molar-refractivity contribution in [1.29, 1.82) is 5.26 Å². The van der Waals surface area contributed by atoms with Crippen molar-refractivity contribution in [3.63, 3.8) is 0 Å².